The third-order valence-corrected chi connectivity index (χ3v) is 5.45. The van der Waals surface area contributed by atoms with Crippen LogP contribution in [0.5, 0.6) is 0 Å². The van der Waals surface area contributed by atoms with Crippen LogP contribution in [0, 0.1) is 0 Å². The van der Waals surface area contributed by atoms with Crippen molar-refractivity contribution < 1.29 is 0 Å². The third kappa shape index (κ3) is 4.43. The fourth-order valence-electron chi connectivity index (χ4n) is 3.02. The molecule has 2 aromatic heterocycles. The second-order valence-electron chi connectivity index (χ2n) is 6.16. The van der Waals surface area contributed by atoms with Gasteiger partial charge in [-0.1, -0.05) is 6.07 Å². The minimum Gasteiger partial charge on any atom is -0.370 e. The number of thiazole rings is 1. The van der Waals surface area contributed by atoms with Gasteiger partial charge in [-0.25, -0.2) is 15.0 Å². The molecule has 1 saturated heterocycles. The first-order valence-corrected chi connectivity index (χ1v) is 9.98. The highest BCUT2D eigenvalue weighted by molar-refractivity contribution is 7.13. The van der Waals surface area contributed by atoms with E-state index >= 15 is 0 Å². The maximum Gasteiger partial charge on any atom is 0.191 e. The molecule has 7 nitrogen and oxygen atoms in total. The summed E-state index contributed by atoms with van der Waals surface area (Å²) in [4.78, 5) is 20.1. The highest BCUT2D eigenvalue weighted by Gasteiger charge is 2.19. The van der Waals surface area contributed by atoms with Gasteiger partial charge in [0.15, 0.2) is 11.1 Å². The van der Waals surface area contributed by atoms with Crippen LogP contribution in [0.4, 0.5) is 10.9 Å². The quantitative estimate of drug-likeness (QED) is 0.617. The molecule has 26 heavy (non-hydrogen) atoms. The Balaban J connectivity index is 1.52. The van der Waals surface area contributed by atoms with Gasteiger partial charge in [0.1, 0.15) is 5.82 Å². The highest BCUT2D eigenvalue weighted by atomic mass is 32.1. The van der Waals surface area contributed by atoms with Crippen LogP contribution in [0.15, 0.2) is 34.9 Å². The van der Waals surface area contributed by atoms with Crippen molar-refractivity contribution in [1.29, 1.82) is 0 Å². The van der Waals surface area contributed by atoms with Crippen LogP contribution in [0.1, 0.15) is 19.4 Å². The zero-order chi connectivity index (χ0) is 18.4. The van der Waals surface area contributed by atoms with Crippen LogP contribution < -0.4 is 15.5 Å². The van der Waals surface area contributed by atoms with Crippen LogP contribution in [0.3, 0.4) is 0 Å². The van der Waals surface area contributed by atoms with Gasteiger partial charge in [0, 0.05) is 57.0 Å². The molecular weight excluding hydrogens is 346 g/mol. The smallest absolute Gasteiger partial charge is 0.191 e. The summed E-state index contributed by atoms with van der Waals surface area (Å²) in [6.07, 6.45) is 3.74. The number of hydrogen-bond acceptors (Lipinski definition) is 6. The van der Waals surface area contributed by atoms with E-state index in [1.165, 1.54) is 0 Å². The molecule has 0 saturated carbocycles. The molecule has 1 aliphatic rings. The van der Waals surface area contributed by atoms with E-state index in [9.17, 15) is 0 Å². The van der Waals surface area contributed by atoms with Gasteiger partial charge in [0.25, 0.3) is 0 Å². The summed E-state index contributed by atoms with van der Waals surface area (Å²) >= 11 is 1.68. The lowest BCUT2D eigenvalue weighted by molar-refractivity contribution is 0.380. The molecular formula is C18H27N7S. The first-order chi connectivity index (χ1) is 12.7. The summed E-state index contributed by atoms with van der Waals surface area (Å²) in [6.45, 7) is 10.3. The summed E-state index contributed by atoms with van der Waals surface area (Å²) in [5.74, 6) is 1.62. The molecule has 0 bridgehead atoms. The van der Waals surface area contributed by atoms with Gasteiger partial charge >= 0.3 is 0 Å². The molecule has 0 unspecified atom stereocenters. The molecule has 0 aliphatic carbocycles. The van der Waals surface area contributed by atoms with Crippen molar-refractivity contribution in [3.05, 3.63) is 35.5 Å². The van der Waals surface area contributed by atoms with Crippen molar-refractivity contribution in [2.75, 3.05) is 49.1 Å². The summed E-state index contributed by atoms with van der Waals surface area (Å²) < 4.78 is 0. The second-order valence-corrected chi connectivity index (χ2v) is 7.03. The molecule has 0 aromatic carbocycles. The lowest BCUT2D eigenvalue weighted by atomic mass is 10.3. The Hall–Kier alpha value is -2.35. The first kappa shape index (κ1) is 18.4. The van der Waals surface area contributed by atoms with Gasteiger partial charge in [-0.05, 0) is 25.5 Å². The predicted molar refractivity (Wildman–Crippen MR) is 109 cm³/mol. The van der Waals surface area contributed by atoms with E-state index < -0.39 is 0 Å². The Morgan fingerprint density at radius 3 is 2.54 bits per heavy atom. The van der Waals surface area contributed by atoms with Crippen LogP contribution in [-0.4, -0.2) is 60.1 Å². The summed E-state index contributed by atoms with van der Waals surface area (Å²) in [6, 6.07) is 4.14. The summed E-state index contributed by atoms with van der Waals surface area (Å²) in [7, 11) is 0. The Labute approximate surface area is 159 Å². The number of piperazine rings is 1. The number of nitrogens with two attached hydrogens (primary N) is 1. The average molecular weight is 374 g/mol. The average Bonchev–Trinajstić information content (AvgIpc) is 3.23. The first-order valence-electron chi connectivity index (χ1n) is 9.10. The van der Waals surface area contributed by atoms with Crippen LogP contribution in [0.2, 0.25) is 0 Å². The molecule has 0 amide bonds. The molecule has 0 radical (unpaired) electrons. The second kappa shape index (κ2) is 8.84. The molecule has 2 aromatic rings. The van der Waals surface area contributed by atoms with Gasteiger partial charge in [0.2, 0.25) is 0 Å². The van der Waals surface area contributed by atoms with Crippen molar-refractivity contribution in [3.8, 4) is 0 Å². The number of aliphatic imine (C=N–C) groups is 1. The molecule has 8 heteroatoms. The van der Waals surface area contributed by atoms with Crippen molar-refractivity contribution in [3.63, 3.8) is 0 Å². The Bertz CT molecular complexity index is 687. The maximum absolute atomic E-state index is 6.20. The van der Waals surface area contributed by atoms with Gasteiger partial charge < -0.3 is 20.4 Å². The Morgan fingerprint density at radius 1 is 1.19 bits per heavy atom. The number of hydrogen-bond donors (Lipinski definition) is 1. The van der Waals surface area contributed by atoms with Crippen molar-refractivity contribution in [1.82, 2.24) is 14.9 Å². The molecule has 140 valence electrons. The zero-order valence-electron chi connectivity index (χ0n) is 15.5. The van der Waals surface area contributed by atoms with Gasteiger partial charge in [0.05, 0.1) is 6.54 Å². The van der Waals surface area contributed by atoms with Crippen molar-refractivity contribution in [2.24, 2.45) is 10.7 Å². The minimum absolute atomic E-state index is 0.560. The van der Waals surface area contributed by atoms with Gasteiger partial charge in [-0.15, -0.1) is 11.3 Å². The standard InChI is InChI=1S/C18H27N7S/c1-3-23(4-2)16-6-5-15(13-21-16)14-22-17(19)24-8-10-25(11-9-24)18-20-7-12-26-18/h5-7,12-13H,3-4,8-11,14H2,1-2H3,(H2,19,22). The molecule has 3 heterocycles. The largest absolute Gasteiger partial charge is 0.370 e. The summed E-state index contributed by atoms with van der Waals surface area (Å²) in [5.41, 5.74) is 7.27. The highest BCUT2D eigenvalue weighted by Crippen LogP contribution is 2.18. The van der Waals surface area contributed by atoms with Crippen LogP contribution in [0.25, 0.3) is 0 Å². The number of guanidine groups is 1. The Morgan fingerprint density at radius 2 is 1.96 bits per heavy atom. The molecule has 0 spiro atoms. The number of aromatic nitrogens is 2. The molecule has 1 aliphatic heterocycles. The van der Waals surface area contributed by atoms with Gasteiger partial charge in [-0.3, -0.25) is 0 Å². The van der Waals surface area contributed by atoms with Crippen molar-refractivity contribution >= 4 is 28.2 Å². The van der Waals surface area contributed by atoms with E-state index in [2.05, 4.69) is 55.6 Å². The fraction of sp³-hybridized carbons (Fsp3) is 0.500. The monoisotopic (exact) mass is 373 g/mol. The van der Waals surface area contributed by atoms with E-state index in [-0.39, 0.29) is 0 Å². The molecule has 1 fully saturated rings. The van der Waals surface area contributed by atoms with Crippen LogP contribution in [-0.2, 0) is 6.54 Å². The molecule has 0 atom stereocenters. The topological polar surface area (TPSA) is 73.9 Å². The van der Waals surface area contributed by atoms with Crippen LogP contribution >= 0.6 is 11.3 Å². The molecule has 3 rings (SSSR count). The number of nitrogens with zero attached hydrogens (tertiary/aromatic N) is 6. The molecule has 2 N–H and O–H groups in total. The number of pyridine rings is 1. The zero-order valence-corrected chi connectivity index (χ0v) is 16.3. The van der Waals surface area contributed by atoms with E-state index in [0.29, 0.717) is 12.5 Å². The lowest BCUT2D eigenvalue weighted by Crippen LogP contribution is -2.51. The number of rotatable bonds is 6. The van der Waals surface area contributed by atoms with Crippen molar-refractivity contribution in [2.45, 2.75) is 20.4 Å². The minimum atomic E-state index is 0.560. The maximum atomic E-state index is 6.20. The third-order valence-electron chi connectivity index (χ3n) is 4.61. The van der Waals surface area contributed by atoms with Gasteiger partial charge in [-0.2, -0.15) is 0 Å². The SMILES string of the molecule is CCN(CC)c1ccc(CN=C(N)N2CCN(c3nccs3)CC2)cn1. The lowest BCUT2D eigenvalue weighted by Gasteiger charge is -2.35. The normalized spacial score (nSPS) is 15.4. The van der Waals surface area contributed by atoms with E-state index in [4.69, 9.17) is 5.73 Å². The van der Waals surface area contributed by atoms with E-state index in [1.54, 1.807) is 11.3 Å². The Kier molecular flexibility index (Phi) is 6.27. The predicted octanol–water partition coefficient (Wildman–Crippen LogP) is 2.02. The number of anilines is 2. The fourth-order valence-corrected chi connectivity index (χ4v) is 3.71. The summed E-state index contributed by atoms with van der Waals surface area (Å²) in [5, 5.41) is 3.09. The van der Waals surface area contributed by atoms with E-state index in [1.807, 2.05) is 17.8 Å². The van der Waals surface area contributed by atoms with E-state index in [0.717, 1.165) is 55.8 Å².